The van der Waals surface area contributed by atoms with Crippen LogP contribution in [-0.2, 0) is 19.4 Å². The molecule has 1 fully saturated rings. The highest BCUT2D eigenvalue weighted by Gasteiger charge is 2.31. The number of imidazole rings is 1. The van der Waals surface area contributed by atoms with Crippen LogP contribution in [-0.4, -0.2) is 45.4 Å². The molecule has 35 heavy (non-hydrogen) atoms. The first kappa shape index (κ1) is 21.6. The summed E-state index contributed by atoms with van der Waals surface area (Å²) < 4.78 is 2.21. The summed E-state index contributed by atoms with van der Waals surface area (Å²) in [5.74, 6) is 1.27. The van der Waals surface area contributed by atoms with E-state index in [9.17, 15) is 10.5 Å². The maximum atomic E-state index is 10.2. The van der Waals surface area contributed by atoms with Crippen molar-refractivity contribution in [1.29, 1.82) is 10.5 Å². The first-order chi connectivity index (χ1) is 17.3. The predicted octanol–water partition coefficient (Wildman–Crippen LogP) is 4.09. The number of hydrogen-bond donors (Lipinski definition) is 0. The summed E-state index contributed by atoms with van der Waals surface area (Å²) in [7, 11) is 0. The second kappa shape index (κ2) is 9.02. The second-order valence-electron chi connectivity index (χ2n) is 9.55. The third kappa shape index (κ3) is 3.79. The van der Waals surface area contributed by atoms with Gasteiger partial charge in [0.2, 0.25) is 0 Å². The molecule has 0 bridgehead atoms. The van der Waals surface area contributed by atoms with Gasteiger partial charge in [-0.15, -0.1) is 0 Å². The average molecular weight is 462 g/mol. The van der Waals surface area contributed by atoms with E-state index in [2.05, 4.69) is 43.5 Å². The summed E-state index contributed by atoms with van der Waals surface area (Å²) in [5, 5.41) is 19.7. The molecule has 3 aromatic heterocycles. The first-order valence-electron chi connectivity index (χ1n) is 12.4. The SMILES string of the molecule is N#Cc1c2c(c(N3CCC(C#N)CC3)n3c1nc1ccccc13)CN(CCc1cccnc1)CC2. The Morgan fingerprint density at radius 2 is 1.86 bits per heavy atom. The molecule has 4 aromatic rings. The van der Waals surface area contributed by atoms with Crippen LogP contribution in [0.5, 0.6) is 0 Å². The van der Waals surface area contributed by atoms with Gasteiger partial charge in [0.25, 0.3) is 0 Å². The Kier molecular flexibility index (Phi) is 5.56. The van der Waals surface area contributed by atoms with Crippen molar-refractivity contribution in [2.75, 3.05) is 31.1 Å². The minimum Gasteiger partial charge on any atom is -0.357 e. The minimum atomic E-state index is 0.117. The Balaban J connectivity index is 1.47. The van der Waals surface area contributed by atoms with Crippen LogP contribution >= 0.6 is 0 Å². The van der Waals surface area contributed by atoms with Gasteiger partial charge >= 0.3 is 0 Å². The first-order valence-corrected chi connectivity index (χ1v) is 12.4. The monoisotopic (exact) mass is 461 g/mol. The molecule has 1 saturated heterocycles. The number of fused-ring (bicyclic) bond motifs is 4. The van der Waals surface area contributed by atoms with Gasteiger partial charge < -0.3 is 4.90 Å². The minimum absolute atomic E-state index is 0.117. The lowest BCUT2D eigenvalue weighted by molar-refractivity contribution is 0.256. The summed E-state index contributed by atoms with van der Waals surface area (Å²) in [6, 6.07) is 17.2. The zero-order valence-corrected chi connectivity index (χ0v) is 19.7. The zero-order valence-electron chi connectivity index (χ0n) is 19.7. The molecule has 0 spiro atoms. The van der Waals surface area contributed by atoms with Crippen molar-refractivity contribution in [2.45, 2.75) is 32.2 Å². The fourth-order valence-electron chi connectivity index (χ4n) is 5.67. The summed E-state index contributed by atoms with van der Waals surface area (Å²) >= 11 is 0. The quantitative estimate of drug-likeness (QED) is 0.455. The zero-order chi connectivity index (χ0) is 23.8. The van der Waals surface area contributed by atoms with Gasteiger partial charge in [0.1, 0.15) is 11.9 Å². The van der Waals surface area contributed by atoms with E-state index in [1.165, 1.54) is 11.1 Å². The molecule has 0 amide bonds. The van der Waals surface area contributed by atoms with Crippen molar-refractivity contribution in [3.05, 3.63) is 71.0 Å². The molecular weight excluding hydrogens is 434 g/mol. The predicted molar refractivity (Wildman–Crippen MR) is 135 cm³/mol. The highest BCUT2D eigenvalue weighted by atomic mass is 15.3. The topological polar surface area (TPSA) is 84.2 Å². The number of hydrogen-bond acceptors (Lipinski definition) is 6. The Labute approximate surface area is 204 Å². The molecule has 7 nitrogen and oxygen atoms in total. The Morgan fingerprint density at radius 3 is 2.63 bits per heavy atom. The van der Waals surface area contributed by atoms with Crippen LogP contribution < -0.4 is 4.90 Å². The largest absolute Gasteiger partial charge is 0.357 e. The molecule has 0 aliphatic carbocycles. The number of nitrogens with zero attached hydrogens (tertiary/aromatic N) is 7. The number of nitriles is 2. The Morgan fingerprint density at radius 1 is 1.00 bits per heavy atom. The fraction of sp³-hybridized carbons (Fsp3) is 0.357. The van der Waals surface area contributed by atoms with Gasteiger partial charge in [-0.1, -0.05) is 18.2 Å². The highest BCUT2D eigenvalue weighted by molar-refractivity contribution is 5.86. The van der Waals surface area contributed by atoms with Crippen molar-refractivity contribution < 1.29 is 0 Å². The van der Waals surface area contributed by atoms with Gasteiger partial charge in [-0.25, -0.2) is 4.98 Å². The van der Waals surface area contributed by atoms with Crippen molar-refractivity contribution in [3.63, 3.8) is 0 Å². The number of para-hydroxylation sites is 2. The molecule has 0 atom stereocenters. The average Bonchev–Trinajstić information content (AvgIpc) is 3.30. The maximum Gasteiger partial charge on any atom is 0.157 e. The molecule has 174 valence electrons. The van der Waals surface area contributed by atoms with Gasteiger partial charge in [0.05, 0.1) is 22.7 Å². The lowest BCUT2D eigenvalue weighted by Gasteiger charge is -2.37. The van der Waals surface area contributed by atoms with Crippen LogP contribution in [0.4, 0.5) is 5.82 Å². The van der Waals surface area contributed by atoms with E-state index < -0.39 is 0 Å². The summed E-state index contributed by atoms with van der Waals surface area (Å²) in [5.41, 5.74) is 7.04. The van der Waals surface area contributed by atoms with Crippen molar-refractivity contribution >= 4 is 22.5 Å². The van der Waals surface area contributed by atoms with E-state index in [0.717, 1.165) is 86.5 Å². The highest BCUT2D eigenvalue weighted by Crippen LogP contribution is 2.38. The number of rotatable bonds is 4. The standard InChI is InChI=1S/C28H27N7/c29-16-20-8-14-34(15-9-20)28-24-19-33(12-7-21-4-3-11-31-18-21)13-10-22(24)23(17-30)27-32-25-5-1-2-6-26(25)35(27)28/h1-6,11,18,20H,7-10,12-15,19H2. The van der Waals surface area contributed by atoms with Gasteiger partial charge in [0.15, 0.2) is 5.65 Å². The molecule has 1 aromatic carbocycles. The number of aromatic nitrogens is 3. The Bertz CT molecular complexity index is 1470. The Hall–Kier alpha value is -3.94. The van der Waals surface area contributed by atoms with Gasteiger partial charge in [-0.3, -0.25) is 14.3 Å². The third-order valence-electron chi connectivity index (χ3n) is 7.52. The lowest BCUT2D eigenvalue weighted by atomic mass is 9.93. The van der Waals surface area contributed by atoms with Gasteiger partial charge in [-0.05, 0) is 55.0 Å². The number of anilines is 1. The van der Waals surface area contributed by atoms with E-state index >= 15 is 0 Å². The molecule has 0 unspecified atom stereocenters. The number of benzene rings is 1. The normalized spacial score (nSPS) is 16.8. The summed E-state index contributed by atoms with van der Waals surface area (Å²) in [4.78, 5) is 14.1. The van der Waals surface area contributed by atoms with Crippen LogP contribution in [0.15, 0.2) is 48.8 Å². The molecule has 2 aliphatic rings. The fourth-order valence-corrected chi connectivity index (χ4v) is 5.67. The van der Waals surface area contributed by atoms with Crippen molar-refractivity contribution in [2.24, 2.45) is 5.92 Å². The molecule has 0 radical (unpaired) electrons. The smallest absolute Gasteiger partial charge is 0.157 e. The van der Waals surface area contributed by atoms with Crippen LogP contribution in [0.3, 0.4) is 0 Å². The van der Waals surface area contributed by atoms with Crippen LogP contribution in [0.1, 0.15) is 35.1 Å². The van der Waals surface area contributed by atoms with Crippen molar-refractivity contribution in [3.8, 4) is 12.1 Å². The van der Waals surface area contributed by atoms with Gasteiger partial charge in [0, 0.05) is 56.6 Å². The molecule has 7 heteroatoms. The molecule has 0 N–H and O–H groups in total. The van der Waals surface area contributed by atoms with E-state index in [4.69, 9.17) is 4.98 Å². The summed E-state index contributed by atoms with van der Waals surface area (Å²) in [6.45, 7) is 4.36. The maximum absolute atomic E-state index is 10.2. The van der Waals surface area contributed by atoms with E-state index in [1.807, 2.05) is 36.7 Å². The van der Waals surface area contributed by atoms with E-state index in [-0.39, 0.29) is 5.92 Å². The second-order valence-corrected chi connectivity index (χ2v) is 9.55. The van der Waals surface area contributed by atoms with E-state index in [0.29, 0.717) is 5.56 Å². The molecular formula is C28H27N7. The summed E-state index contributed by atoms with van der Waals surface area (Å²) in [6.07, 6.45) is 7.28. The van der Waals surface area contributed by atoms with Gasteiger partial charge in [-0.2, -0.15) is 10.5 Å². The molecule has 2 aliphatic heterocycles. The lowest BCUT2D eigenvalue weighted by Crippen LogP contribution is -2.39. The molecule has 6 rings (SSSR count). The molecule has 5 heterocycles. The van der Waals surface area contributed by atoms with Crippen LogP contribution in [0.2, 0.25) is 0 Å². The number of pyridine rings is 2. The van der Waals surface area contributed by atoms with Crippen LogP contribution in [0.25, 0.3) is 16.7 Å². The number of piperidine rings is 1. The van der Waals surface area contributed by atoms with Crippen LogP contribution in [0, 0.1) is 28.6 Å². The molecule has 0 saturated carbocycles. The third-order valence-corrected chi connectivity index (χ3v) is 7.52. The van der Waals surface area contributed by atoms with E-state index in [1.54, 1.807) is 0 Å². The van der Waals surface area contributed by atoms with Crippen molar-refractivity contribution in [1.82, 2.24) is 19.3 Å².